The maximum absolute atomic E-state index is 12.3. The number of anilines is 3. The van der Waals surface area contributed by atoms with Gasteiger partial charge in [0.25, 0.3) is 5.91 Å². The van der Waals surface area contributed by atoms with Gasteiger partial charge in [0, 0.05) is 36.7 Å². The van der Waals surface area contributed by atoms with Gasteiger partial charge in [0.1, 0.15) is 0 Å². The Kier molecular flexibility index (Phi) is 7.89. The molecule has 3 N–H and O–H groups in total. The third kappa shape index (κ3) is 6.12. The number of nitrogens with two attached hydrogens (primary N) is 1. The lowest BCUT2D eigenvalue weighted by atomic mass is 10.1. The third-order valence-electron chi connectivity index (χ3n) is 5.53. The zero-order chi connectivity index (χ0) is 24.8. The highest BCUT2D eigenvalue weighted by atomic mass is 35.5. The number of amides is 1. The Balaban J connectivity index is 1.57. The number of carbonyl (C=O) groups excluding carboxylic acids is 1. The number of aromatic nitrogens is 2. The quantitative estimate of drug-likeness (QED) is 0.503. The number of carbonyl (C=O) groups is 1. The number of para-hydroxylation sites is 1. The number of nitrogens with one attached hydrogen (secondary N) is 1. The van der Waals surface area contributed by atoms with Gasteiger partial charge in [-0.15, -0.1) is 0 Å². The van der Waals surface area contributed by atoms with Crippen LogP contribution in [-0.2, 0) is 9.53 Å². The molecule has 1 aromatic heterocycles. The summed E-state index contributed by atoms with van der Waals surface area (Å²) in [5.74, 6) is 0.749. The van der Waals surface area contributed by atoms with Gasteiger partial charge in [-0.05, 0) is 31.5 Å². The highest BCUT2D eigenvalue weighted by molar-refractivity contribution is 6.33. The molecular formula is C25H28ClN5O4. The average Bonchev–Trinajstić information content (AvgIpc) is 3.09. The normalized spacial score (nSPS) is 15.9. The maximum atomic E-state index is 12.3. The van der Waals surface area contributed by atoms with Gasteiger partial charge in [-0.3, -0.25) is 4.79 Å². The Labute approximate surface area is 209 Å². The van der Waals surface area contributed by atoms with Crippen molar-refractivity contribution in [1.82, 2.24) is 9.97 Å². The van der Waals surface area contributed by atoms with E-state index in [1.807, 2.05) is 37.3 Å². The molecule has 0 saturated carbocycles. The summed E-state index contributed by atoms with van der Waals surface area (Å²) < 4.78 is 17.2. The minimum Gasteiger partial charge on any atom is -0.493 e. The van der Waals surface area contributed by atoms with Crippen molar-refractivity contribution in [3.8, 4) is 11.5 Å². The van der Waals surface area contributed by atoms with Crippen LogP contribution in [0.5, 0.6) is 11.5 Å². The molecule has 0 aliphatic carbocycles. The minimum absolute atomic E-state index is 0.194. The van der Waals surface area contributed by atoms with E-state index in [0.29, 0.717) is 42.0 Å². The molecule has 4 rings (SSSR count). The van der Waals surface area contributed by atoms with E-state index in [-0.39, 0.29) is 24.5 Å². The predicted octanol–water partition coefficient (Wildman–Crippen LogP) is 4.01. The molecule has 35 heavy (non-hydrogen) atoms. The third-order valence-corrected chi connectivity index (χ3v) is 5.83. The molecule has 1 unspecified atom stereocenters. The fourth-order valence-electron chi connectivity index (χ4n) is 3.98. The van der Waals surface area contributed by atoms with Crippen LogP contribution in [0.1, 0.15) is 23.9 Å². The number of aryl methyl sites for hydroxylation is 1. The van der Waals surface area contributed by atoms with Crippen LogP contribution in [0.2, 0.25) is 5.02 Å². The molecule has 184 valence electrons. The van der Waals surface area contributed by atoms with Gasteiger partial charge in [0.05, 0.1) is 36.2 Å². The number of methoxy groups -OCH3 is 1. The van der Waals surface area contributed by atoms with Gasteiger partial charge in [0.15, 0.2) is 18.1 Å². The summed E-state index contributed by atoms with van der Waals surface area (Å²) in [5, 5.41) is 3.24. The van der Waals surface area contributed by atoms with Crippen molar-refractivity contribution in [2.45, 2.75) is 19.4 Å². The Morgan fingerprint density at radius 3 is 2.77 bits per heavy atom. The fourth-order valence-corrected chi connectivity index (χ4v) is 4.24. The first-order valence-corrected chi connectivity index (χ1v) is 11.6. The molecule has 1 aliphatic rings. The smallest absolute Gasteiger partial charge is 0.262 e. The van der Waals surface area contributed by atoms with Crippen LogP contribution in [0.15, 0.2) is 48.5 Å². The zero-order valence-electron chi connectivity index (χ0n) is 19.7. The lowest BCUT2D eigenvalue weighted by Crippen LogP contribution is -2.32. The van der Waals surface area contributed by atoms with E-state index in [9.17, 15) is 4.79 Å². The second kappa shape index (κ2) is 11.2. The first-order chi connectivity index (χ1) is 16.9. The number of nitrogens with zero attached hydrogens (tertiary/aromatic N) is 3. The topological polar surface area (TPSA) is 112 Å². The van der Waals surface area contributed by atoms with Gasteiger partial charge in [0.2, 0.25) is 5.95 Å². The van der Waals surface area contributed by atoms with E-state index in [1.165, 1.54) is 0 Å². The summed E-state index contributed by atoms with van der Waals surface area (Å²) >= 11 is 6.73. The molecule has 1 aliphatic heterocycles. The lowest BCUT2D eigenvalue weighted by Gasteiger charge is -2.32. The number of benzene rings is 2. The summed E-state index contributed by atoms with van der Waals surface area (Å²) in [4.78, 5) is 23.1. The summed E-state index contributed by atoms with van der Waals surface area (Å²) in [6, 6.07) is 14.3. The first kappa shape index (κ1) is 24.6. The zero-order valence-corrected chi connectivity index (χ0v) is 20.4. The van der Waals surface area contributed by atoms with Gasteiger partial charge >= 0.3 is 0 Å². The number of hydrogen-bond donors (Lipinski definition) is 2. The molecule has 1 atom stereocenters. The van der Waals surface area contributed by atoms with Crippen molar-refractivity contribution in [1.29, 1.82) is 0 Å². The van der Waals surface area contributed by atoms with Crippen LogP contribution in [0.3, 0.4) is 0 Å². The number of hydrogen-bond acceptors (Lipinski definition) is 8. The Bertz CT molecular complexity index is 1160. The largest absolute Gasteiger partial charge is 0.493 e. The van der Waals surface area contributed by atoms with E-state index in [1.54, 1.807) is 25.3 Å². The second-order valence-electron chi connectivity index (χ2n) is 8.09. The van der Waals surface area contributed by atoms with Crippen molar-refractivity contribution in [3.63, 3.8) is 0 Å². The number of halogens is 1. The van der Waals surface area contributed by atoms with E-state index in [2.05, 4.69) is 20.2 Å². The molecule has 1 saturated heterocycles. The summed E-state index contributed by atoms with van der Waals surface area (Å²) in [6.07, 6.45) is 0.812. The van der Waals surface area contributed by atoms with Crippen LogP contribution in [0, 0.1) is 6.92 Å². The van der Waals surface area contributed by atoms with Gasteiger partial charge in [-0.2, -0.15) is 0 Å². The monoisotopic (exact) mass is 497 g/mol. The highest BCUT2D eigenvalue weighted by Crippen LogP contribution is 2.41. The molecule has 3 aromatic rings. The summed E-state index contributed by atoms with van der Waals surface area (Å²) in [6.45, 7) is 3.42. The Morgan fingerprint density at radius 2 is 2.03 bits per heavy atom. The van der Waals surface area contributed by atoms with Crippen LogP contribution in [0.25, 0.3) is 0 Å². The molecule has 0 radical (unpaired) electrons. The molecule has 2 aromatic carbocycles. The van der Waals surface area contributed by atoms with E-state index < -0.39 is 0 Å². The molecule has 0 spiro atoms. The van der Waals surface area contributed by atoms with Gasteiger partial charge < -0.3 is 30.2 Å². The SMILES string of the molecule is COc1cc(N2CCCOCC2c2cc(C)nc(N)n2)c(Cl)cc1OCC(=O)Nc1ccccc1. The van der Waals surface area contributed by atoms with Crippen molar-refractivity contribution >= 4 is 34.8 Å². The number of ether oxygens (including phenoxy) is 3. The van der Waals surface area contributed by atoms with Crippen LogP contribution in [0.4, 0.5) is 17.3 Å². The predicted molar refractivity (Wildman–Crippen MR) is 135 cm³/mol. The van der Waals surface area contributed by atoms with E-state index >= 15 is 0 Å². The minimum atomic E-state index is -0.292. The average molecular weight is 498 g/mol. The van der Waals surface area contributed by atoms with Crippen molar-refractivity contribution < 1.29 is 19.0 Å². The van der Waals surface area contributed by atoms with Crippen molar-refractivity contribution in [3.05, 3.63) is 64.9 Å². The van der Waals surface area contributed by atoms with E-state index in [0.717, 1.165) is 23.5 Å². The summed E-state index contributed by atoms with van der Waals surface area (Å²) in [5.41, 5.74) is 8.88. The Hall–Kier alpha value is -3.56. The van der Waals surface area contributed by atoms with Crippen molar-refractivity contribution in [2.24, 2.45) is 0 Å². The standard InChI is InChI=1S/C25H28ClN5O4/c1-16-11-19(30-25(27)28-16)21-14-34-10-6-9-31(21)20-13-22(33-2)23(12-18(20)26)35-15-24(32)29-17-7-4-3-5-8-17/h3-5,7-8,11-13,21H,6,9-10,14-15H2,1-2H3,(H,29,32)(H2,27,28,30). The highest BCUT2D eigenvalue weighted by Gasteiger charge is 2.28. The van der Waals surface area contributed by atoms with E-state index in [4.69, 9.17) is 31.5 Å². The molecule has 2 heterocycles. The van der Waals surface area contributed by atoms with Crippen LogP contribution < -0.4 is 25.4 Å². The van der Waals surface area contributed by atoms with Gasteiger partial charge in [-0.25, -0.2) is 9.97 Å². The first-order valence-electron chi connectivity index (χ1n) is 11.2. The molecular weight excluding hydrogens is 470 g/mol. The molecule has 1 amide bonds. The maximum Gasteiger partial charge on any atom is 0.262 e. The van der Waals surface area contributed by atoms with Gasteiger partial charge in [-0.1, -0.05) is 29.8 Å². The number of nitrogen functional groups attached to an aromatic ring is 1. The number of rotatable bonds is 7. The second-order valence-corrected chi connectivity index (χ2v) is 8.49. The Morgan fingerprint density at radius 1 is 1.23 bits per heavy atom. The lowest BCUT2D eigenvalue weighted by molar-refractivity contribution is -0.118. The molecule has 0 bridgehead atoms. The van der Waals surface area contributed by atoms with Crippen molar-refractivity contribution in [2.75, 3.05) is 49.4 Å². The van der Waals surface area contributed by atoms with Crippen LogP contribution >= 0.6 is 11.6 Å². The fraction of sp³-hybridized carbons (Fsp3) is 0.320. The molecule has 10 heteroatoms. The molecule has 1 fully saturated rings. The summed E-state index contributed by atoms with van der Waals surface area (Å²) in [7, 11) is 1.54. The van der Waals surface area contributed by atoms with Crippen LogP contribution in [-0.4, -0.2) is 49.4 Å². The molecule has 9 nitrogen and oxygen atoms in total.